The highest BCUT2D eigenvalue weighted by atomic mass is 32.2. The van der Waals surface area contributed by atoms with E-state index in [9.17, 15) is 13.2 Å². The van der Waals surface area contributed by atoms with Gasteiger partial charge in [0.15, 0.2) is 0 Å². The average molecular weight is 335 g/mol. The Kier molecular flexibility index (Phi) is 4.85. The molecule has 1 N–H and O–H groups in total. The quantitative estimate of drug-likeness (QED) is 0.833. The number of aryl methyl sites for hydroxylation is 1. The molecule has 0 spiro atoms. The molecule has 2 rings (SSSR count). The smallest absolute Gasteiger partial charge is 0.267 e. The van der Waals surface area contributed by atoms with Gasteiger partial charge in [0.25, 0.3) is 15.9 Å². The molecule has 7 nitrogen and oxygen atoms in total. The van der Waals surface area contributed by atoms with Crippen LogP contribution >= 0.6 is 0 Å². The number of methoxy groups -OCH3 is 1. The Balaban J connectivity index is 2.21. The van der Waals surface area contributed by atoms with E-state index < -0.39 is 15.9 Å². The number of ether oxygens (including phenoxy) is 1. The average Bonchev–Trinajstić information content (AvgIpc) is 2.94. The minimum Gasteiger partial charge on any atom is -0.496 e. The zero-order valence-electron chi connectivity index (χ0n) is 13.0. The third kappa shape index (κ3) is 3.98. The van der Waals surface area contributed by atoms with Crippen LogP contribution in [0.25, 0.3) is 5.57 Å². The van der Waals surface area contributed by atoms with Gasteiger partial charge in [0, 0.05) is 24.9 Å². The fourth-order valence-electron chi connectivity index (χ4n) is 2.00. The molecule has 0 saturated carbocycles. The molecular formula is C15H17N3O4S. The summed E-state index contributed by atoms with van der Waals surface area (Å²) in [5.74, 6) is -0.138. The summed E-state index contributed by atoms with van der Waals surface area (Å²) >= 11 is 0. The molecule has 2 aromatic rings. The Morgan fingerprint density at radius 1 is 1.35 bits per heavy atom. The van der Waals surface area contributed by atoms with E-state index in [-0.39, 0.29) is 4.90 Å². The number of para-hydroxylation sites is 1. The number of carbonyl (C=O) groups is 1. The van der Waals surface area contributed by atoms with Gasteiger partial charge in [-0.2, -0.15) is 5.10 Å². The topological polar surface area (TPSA) is 90.3 Å². The zero-order chi connectivity index (χ0) is 17.0. The Morgan fingerprint density at radius 3 is 2.65 bits per heavy atom. The van der Waals surface area contributed by atoms with E-state index in [1.54, 1.807) is 32.2 Å². The SMILES string of the molecule is COc1ccccc1/C(C)=C/C(=O)NS(=O)(=O)c1cnn(C)c1. The van der Waals surface area contributed by atoms with Crippen LogP contribution in [0.4, 0.5) is 0 Å². The van der Waals surface area contributed by atoms with Crippen molar-refractivity contribution in [2.75, 3.05) is 7.11 Å². The summed E-state index contributed by atoms with van der Waals surface area (Å²) in [4.78, 5) is 11.9. The van der Waals surface area contributed by atoms with Crippen molar-refractivity contribution < 1.29 is 17.9 Å². The summed E-state index contributed by atoms with van der Waals surface area (Å²) in [7, 11) is -0.824. The number of rotatable bonds is 5. The lowest BCUT2D eigenvalue weighted by Gasteiger charge is -2.08. The van der Waals surface area contributed by atoms with Crippen LogP contribution in [0.5, 0.6) is 5.75 Å². The van der Waals surface area contributed by atoms with Crippen molar-refractivity contribution in [3.05, 3.63) is 48.3 Å². The fourth-order valence-corrected chi connectivity index (χ4v) is 2.92. The summed E-state index contributed by atoms with van der Waals surface area (Å²) in [6.07, 6.45) is 3.70. The number of allylic oxidation sites excluding steroid dienone is 1. The first-order chi connectivity index (χ1) is 10.8. The van der Waals surface area contributed by atoms with Gasteiger partial charge in [-0.25, -0.2) is 13.1 Å². The van der Waals surface area contributed by atoms with Crippen molar-refractivity contribution in [1.82, 2.24) is 14.5 Å². The second-order valence-electron chi connectivity index (χ2n) is 4.85. The molecule has 0 atom stereocenters. The molecule has 0 bridgehead atoms. The molecule has 0 radical (unpaired) electrons. The van der Waals surface area contributed by atoms with Crippen LogP contribution in [0.2, 0.25) is 0 Å². The summed E-state index contributed by atoms with van der Waals surface area (Å²) in [5.41, 5.74) is 1.30. The van der Waals surface area contributed by atoms with E-state index in [1.807, 2.05) is 10.8 Å². The van der Waals surface area contributed by atoms with Crippen LogP contribution in [0.1, 0.15) is 12.5 Å². The first-order valence-electron chi connectivity index (χ1n) is 6.70. The van der Waals surface area contributed by atoms with Crippen molar-refractivity contribution in [3.8, 4) is 5.75 Å². The molecule has 0 aliphatic carbocycles. The van der Waals surface area contributed by atoms with Gasteiger partial charge >= 0.3 is 0 Å². The lowest BCUT2D eigenvalue weighted by Crippen LogP contribution is -2.29. The molecule has 1 amide bonds. The molecule has 122 valence electrons. The molecule has 23 heavy (non-hydrogen) atoms. The van der Waals surface area contributed by atoms with Crippen LogP contribution in [-0.4, -0.2) is 31.2 Å². The molecule has 1 heterocycles. The van der Waals surface area contributed by atoms with E-state index >= 15 is 0 Å². The molecule has 0 saturated heterocycles. The van der Waals surface area contributed by atoms with Gasteiger partial charge in [0.2, 0.25) is 0 Å². The molecule has 1 aromatic heterocycles. The van der Waals surface area contributed by atoms with Gasteiger partial charge in [-0.3, -0.25) is 9.48 Å². The summed E-state index contributed by atoms with van der Waals surface area (Å²) in [5, 5.41) is 3.78. The maximum absolute atomic E-state index is 12.1. The summed E-state index contributed by atoms with van der Waals surface area (Å²) < 4.78 is 32.7. The Labute approximate surface area is 134 Å². The predicted molar refractivity (Wildman–Crippen MR) is 85.2 cm³/mol. The number of hydrogen-bond donors (Lipinski definition) is 1. The maximum Gasteiger partial charge on any atom is 0.267 e. The van der Waals surface area contributed by atoms with E-state index in [0.29, 0.717) is 16.9 Å². The van der Waals surface area contributed by atoms with Crippen LogP contribution < -0.4 is 9.46 Å². The van der Waals surface area contributed by atoms with Crippen molar-refractivity contribution in [2.24, 2.45) is 7.05 Å². The largest absolute Gasteiger partial charge is 0.496 e. The highest BCUT2D eigenvalue weighted by molar-refractivity contribution is 7.90. The van der Waals surface area contributed by atoms with E-state index in [2.05, 4.69) is 5.10 Å². The molecule has 0 aliphatic heterocycles. The minimum absolute atomic E-state index is 0.0725. The van der Waals surface area contributed by atoms with Gasteiger partial charge in [-0.05, 0) is 18.6 Å². The van der Waals surface area contributed by atoms with Gasteiger partial charge in [-0.15, -0.1) is 0 Å². The van der Waals surface area contributed by atoms with Crippen molar-refractivity contribution >= 4 is 21.5 Å². The lowest BCUT2D eigenvalue weighted by molar-refractivity contribution is -0.114. The Hall–Kier alpha value is -2.61. The maximum atomic E-state index is 12.1. The summed E-state index contributed by atoms with van der Waals surface area (Å²) in [6.45, 7) is 1.70. The van der Waals surface area contributed by atoms with Crippen LogP contribution in [0, 0.1) is 0 Å². The first-order valence-corrected chi connectivity index (χ1v) is 8.19. The number of hydrogen-bond acceptors (Lipinski definition) is 5. The fraction of sp³-hybridized carbons (Fsp3) is 0.200. The van der Waals surface area contributed by atoms with Crippen molar-refractivity contribution in [2.45, 2.75) is 11.8 Å². The number of nitrogens with zero attached hydrogens (tertiary/aromatic N) is 2. The monoisotopic (exact) mass is 335 g/mol. The molecule has 1 aromatic carbocycles. The number of carbonyl (C=O) groups excluding carboxylic acids is 1. The lowest BCUT2D eigenvalue weighted by atomic mass is 10.1. The normalized spacial score (nSPS) is 12.0. The van der Waals surface area contributed by atoms with Crippen LogP contribution in [-0.2, 0) is 21.9 Å². The molecule has 8 heteroatoms. The van der Waals surface area contributed by atoms with E-state index in [4.69, 9.17) is 4.74 Å². The van der Waals surface area contributed by atoms with Gasteiger partial charge in [0.05, 0.1) is 13.3 Å². The van der Waals surface area contributed by atoms with Gasteiger partial charge in [-0.1, -0.05) is 18.2 Å². The second-order valence-corrected chi connectivity index (χ2v) is 6.53. The van der Waals surface area contributed by atoms with E-state index in [1.165, 1.54) is 30.3 Å². The second kappa shape index (κ2) is 6.66. The molecular weight excluding hydrogens is 318 g/mol. The van der Waals surface area contributed by atoms with Crippen LogP contribution in [0.15, 0.2) is 47.6 Å². The van der Waals surface area contributed by atoms with Crippen molar-refractivity contribution in [1.29, 1.82) is 0 Å². The number of benzene rings is 1. The Bertz CT molecular complexity index is 853. The third-order valence-corrected chi connectivity index (χ3v) is 4.41. The van der Waals surface area contributed by atoms with Gasteiger partial charge < -0.3 is 4.74 Å². The number of sulfonamides is 1. The van der Waals surface area contributed by atoms with Crippen LogP contribution in [0.3, 0.4) is 0 Å². The summed E-state index contributed by atoms with van der Waals surface area (Å²) in [6, 6.07) is 7.16. The highest BCUT2D eigenvalue weighted by Crippen LogP contribution is 2.25. The number of nitrogens with one attached hydrogen (secondary N) is 1. The predicted octanol–water partition coefficient (Wildman–Crippen LogP) is 1.34. The molecule has 0 aliphatic rings. The number of amides is 1. The Morgan fingerprint density at radius 2 is 2.04 bits per heavy atom. The number of aromatic nitrogens is 2. The third-order valence-electron chi connectivity index (χ3n) is 3.11. The van der Waals surface area contributed by atoms with E-state index in [0.717, 1.165) is 0 Å². The standard InChI is InChI=1S/C15H17N3O4S/c1-11(13-6-4-5-7-14(13)22-3)8-15(19)17-23(20,21)12-9-16-18(2)10-12/h4-10H,1-3H3,(H,17,19)/b11-8+. The van der Waals surface area contributed by atoms with Crippen molar-refractivity contribution in [3.63, 3.8) is 0 Å². The molecule has 0 unspecified atom stereocenters. The zero-order valence-corrected chi connectivity index (χ0v) is 13.8. The first kappa shape index (κ1) is 16.8. The minimum atomic E-state index is -3.94. The highest BCUT2D eigenvalue weighted by Gasteiger charge is 2.18. The molecule has 0 fully saturated rings. The van der Waals surface area contributed by atoms with Gasteiger partial charge in [0.1, 0.15) is 10.6 Å².